The number of halogens is 1. The maximum absolute atomic E-state index is 13.5. The Morgan fingerprint density at radius 1 is 1.24 bits per heavy atom. The largest absolute Gasteiger partial charge is 0.493 e. The molecule has 0 aliphatic heterocycles. The molecule has 0 bridgehead atoms. The van der Waals surface area contributed by atoms with E-state index in [9.17, 15) is 24.9 Å². The molecule has 0 aromatic heterocycles. The van der Waals surface area contributed by atoms with Gasteiger partial charge in [-0.2, -0.15) is 0 Å². The Hall–Kier alpha value is -1.89. The number of aliphatic hydroxyl groups is 3. The fraction of sp³-hybridized carbons (Fsp3) is 0.630. The number of nitrogens with zero attached hydrogens (tertiary/aromatic N) is 1. The van der Waals surface area contributed by atoms with E-state index >= 15 is 0 Å². The summed E-state index contributed by atoms with van der Waals surface area (Å²) >= 11 is 2.08. The minimum Gasteiger partial charge on any atom is -0.493 e. The zero-order chi connectivity index (χ0) is 27.1. The van der Waals surface area contributed by atoms with Gasteiger partial charge in [0.25, 0.3) is 0 Å². The quantitative estimate of drug-likeness (QED) is 0.261. The summed E-state index contributed by atoms with van der Waals surface area (Å²) in [4.78, 5) is 28.2. The van der Waals surface area contributed by atoms with Gasteiger partial charge in [0, 0.05) is 31.0 Å². The lowest BCUT2D eigenvalue weighted by atomic mass is 9.82. The second-order valence-electron chi connectivity index (χ2n) is 10.1. The minimum absolute atomic E-state index is 0.0196. The predicted octanol–water partition coefficient (Wildman–Crippen LogP) is 2.38. The van der Waals surface area contributed by atoms with Gasteiger partial charge in [-0.15, -0.1) is 0 Å². The van der Waals surface area contributed by atoms with Crippen molar-refractivity contribution in [3.63, 3.8) is 0 Å². The van der Waals surface area contributed by atoms with E-state index in [-0.39, 0.29) is 43.9 Å². The number of hydrogen-bond acceptors (Lipinski definition) is 7. The normalized spacial score (nSPS) is 21.7. The van der Waals surface area contributed by atoms with Gasteiger partial charge < -0.3 is 35.0 Å². The van der Waals surface area contributed by atoms with Crippen molar-refractivity contribution in [1.82, 2.24) is 10.2 Å². The smallest absolute Gasteiger partial charge is 0.247 e. The molecular weight excluding hydrogens is 591 g/mol. The Bertz CT molecular complexity index is 980. The molecule has 1 fully saturated rings. The van der Waals surface area contributed by atoms with Gasteiger partial charge in [0.15, 0.2) is 11.5 Å². The van der Waals surface area contributed by atoms with Crippen LogP contribution in [0.3, 0.4) is 0 Å². The summed E-state index contributed by atoms with van der Waals surface area (Å²) < 4.78 is 12.5. The number of methoxy groups -OCH3 is 1. The number of amides is 2. The molecule has 3 rings (SSSR count). The molecule has 3 atom stereocenters. The summed E-state index contributed by atoms with van der Waals surface area (Å²) in [6, 6.07) is 2.79. The standard InChI is InChI=1S/C27H39IN2O7/c1-16(2)7-9-30(27(35)18-5-4-6-18)21-13-19(26(34)29-8-10-31)14-22(24(21)33)37-25-20(28)11-17(15-32)12-23(25)36-3/h11-12,14,16,18,21-22,24,31-33H,4-10,13,15H2,1-3H3,(H,29,34)/t21-,22+,24+/m1/s1. The third-order valence-electron chi connectivity index (χ3n) is 7.03. The molecule has 2 aliphatic rings. The fourth-order valence-corrected chi connectivity index (χ4v) is 5.41. The van der Waals surface area contributed by atoms with Crippen molar-refractivity contribution in [3.8, 4) is 11.5 Å². The molecule has 2 aliphatic carbocycles. The molecule has 0 saturated heterocycles. The second-order valence-corrected chi connectivity index (χ2v) is 11.3. The first-order valence-corrected chi connectivity index (χ1v) is 14.0. The third kappa shape index (κ3) is 7.36. The summed E-state index contributed by atoms with van der Waals surface area (Å²) in [5.41, 5.74) is 1.05. The predicted molar refractivity (Wildman–Crippen MR) is 147 cm³/mol. The molecule has 9 nitrogen and oxygen atoms in total. The highest BCUT2D eigenvalue weighted by molar-refractivity contribution is 14.1. The number of rotatable bonds is 12. The highest BCUT2D eigenvalue weighted by Crippen LogP contribution is 2.38. The lowest BCUT2D eigenvalue weighted by Crippen LogP contribution is -2.57. The Balaban J connectivity index is 1.98. The lowest BCUT2D eigenvalue weighted by molar-refractivity contribution is -0.145. The number of carbonyl (C=O) groups excluding carboxylic acids is 2. The number of nitrogens with one attached hydrogen (secondary N) is 1. The SMILES string of the molecule is COc1cc(CO)cc(I)c1O[C@H]1C=C(C(=O)NCCO)C[C@@H](N(CCC(C)C)C(=O)C2CCC2)[C@@H]1O. The molecule has 0 unspecified atom stereocenters. The van der Waals surface area contributed by atoms with Gasteiger partial charge in [-0.25, -0.2) is 0 Å². The molecule has 1 aromatic carbocycles. The highest BCUT2D eigenvalue weighted by Gasteiger charge is 2.42. The molecule has 1 saturated carbocycles. The van der Waals surface area contributed by atoms with Crippen molar-refractivity contribution >= 4 is 34.4 Å². The zero-order valence-corrected chi connectivity index (χ0v) is 23.9. The lowest BCUT2D eigenvalue weighted by Gasteiger charge is -2.43. The molecule has 1 aromatic rings. The van der Waals surface area contributed by atoms with Crippen molar-refractivity contribution in [2.45, 2.75) is 70.8 Å². The monoisotopic (exact) mass is 630 g/mol. The number of carbonyl (C=O) groups is 2. The molecule has 37 heavy (non-hydrogen) atoms. The topological polar surface area (TPSA) is 129 Å². The number of aliphatic hydroxyl groups excluding tert-OH is 3. The zero-order valence-electron chi connectivity index (χ0n) is 21.8. The van der Waals surface area contributed by atoms with Crippen LogP contribution in [0.15, 0.2) is 23.8 Å². The average molecular weight is 631 g/mol. The van der Waals surface area contributed by atoms with E-state index in [0.29, 0.717) is 38.7 Å². The maximum atomic E-state index is 13.5. The van der Waals surface area contributed by atoms with Crippen molar-refractivity contribution in [2.24, 2.45) is 11.8 Å². The Morgan fingerprint density at radius 2 is 1.97 bits per heavy atom. The van der Waals surface area contributed by atoms with Crippen LogP contribution in [-0.2, 0) is 16.2 Å². The Morgan fingerprint density at radius 3 is 2.54 bits per heavy atom. The first-order valence-electron chi connectivity index (χ1n) is 12.9. The number of hydrogen-bond donors (Lipinski definition) is 4. The first kappa shape index (κ1) is 29.7. The minimum atomic E-state index is -1.08. The van der Waals surface area contributed by atoms with Crippen LogP contribution >= 0.6 is 22.6 Å². The van der Waals surface area contributed by atoms with E-state index < -0.39 is 18.2 Å². The molecule has 0 radical (unpaired) electrons. The van der Waals surface area contributed by atoms with Crippen molar-refractivity contribution < 1.29 is 34.4 Å². The van der Waals surface area contributed by atoms with E-state index in [0.717, 1.165) is 25.7 Å². The fourth-order valence-electron chi connectivity index (χ4n) is 4.62. The van der Waals surface area contributed by atoms with Crippen LogP contribution in [0.2, 0.25) is 0 Å². The molecule has 0 spiro atoms. The van der Waals surface area contributed by atoms with Crippen LogP contribution in [-0.4, -0.2) is 77.1 Å². The summed E-state index contributed by atoms with van der Waals surface area (Å²) in [5.74, 6) is 0.747. The molecule has 206 valence electrons. The summed E-state index contributed by atoms with van der Waals surface area (Å²) in [6.45, 7) is 4.41. The van der Waals surface area contributed by atoms with Crippen LogP contribution in [0.25, 0.3) is 0 Å². The molecular formula is C27H39IN2O7. The van der Waals surface area contributed by atoms with Crippen molar-refractivity contribution in [1.29, 1.82) is 0 Å². The van der Waals surface area contributed by atoms with Gasteiger partial charge in [-0.05, 0) is 71.5 Å². The number of ether oxygens (including phenoxy) is 2. The molecule has 4 N–H and O–H groups in total. The maximum Gasteiger partial charge on any atom is 0.247 e. The van der Waals surface area contributed by atoms with Gasteiger partial charge >= 0.3 is 0 Å². The third-order valence-corrected chi connectivity index (χ3v) is 7.83. The molecule has 10 heteroatoms. The summed E-state index contributed by atoms with van der Waals surface area (Å²) in [6.07, 6.45) is 3.25. The Labute approximate surface area is 232 Å². The van der Waals surface area contributed by atoms with Gasteiger partial charge in [-0.1, -0.05) is 20.3 Å². The van der Waals surface area contributed by atoms with Crippen LogP contribution in [0.5, 0.6) is 11.5 Å². The van der Waals surface area contributed by atoms with Crippen LogP contribution in [0.1, 0.15) is 51.5 Å². The van der Waals surface area contributed by atoms with Gasteiger partial charge in [-0.3, -0.25) is 9.59 Å². The Kier molecular flexibility index (Phi) is 11.0. The second kappa shape index (κ2) is 13.8. The van der Waals surface area contributed by atoms with E-state index in [1.807, 2.05) is 0 Å². The van der Waals surface area contributed by atoms with Crippen molar-refractivity contribution in [2.75, 3.05) is 26.8 Å². The van der Waals surface area contributed by atoms with Crippen LogP contribution < -0.4 is 14.8 Å². The van der Waals surface area contributed by atoms with Gasteiger partial charge in [0.05, 0.1) is 29.9 Å². The number of benzene rings is 1. The summed E-state index contributed by atoms with van der Waals surface area (Å²) in [5, 5.41) is 33.0. The first-order chi connectivity index (χ1) is 17.7. The summed E-state index contributed by atoms with van der Waals surface area (Å²) in [7, 11) is 1.49. The van der Waals surface area contributed by atoms with Crippen LogP contribution in [0, 0.1) is 15.4 Å². The van der Waals surface area contributed by atoms with Crippen LogP contribution in [0.4, 0.5) is 0 Å². The molecule has 2 amide bonds. The van der Waals surface area contributed by atoms with E-state index in [2.05, 4.69) is 41.8 Å². The van der Waals surface area contributed by atoms with Gasteiger partial charge in [0.2, 0.25) is 11.8 Å². The molecule has 0 heterocycles. The highest BCUT2D eigenvalue weighted by atomic mass is 127. The van der Waals surface area contributed by atoms with E-state index in [4.69, 9.17) is 9.47 Å². The van der Waals surface area contributed by atoms with Gasteiger partial charge in [0.1, 0.15) is 12.2 Å². The van der Waals surface area contributed by atoms with Crippen molar-refractivity contribution in [3.05, 3.63) is 32.9 Å². The van der Waals surface area contributed by atoms with E-state index in [1.165, 1.54) is 7.11 Å². The van der Waals surface area contributed by atoms with E-state index in [1.54, 1.807) is 23.1 Å². The average Bonchev–Trinajstić information content (AvgIpc) is 2.83.